The fourth-order valence-corrected chi connectivity index (χ4v) is 3.84. The van der Waals surface area contributed by atoms with Crippen molar-refractivity contribution in [2.24, 2.45) is 0 Å². The molecule has 0 unspecified atom stereocenters. The van der Waals surface area contributed by atoms with Gasteiger partial charge in [0.15, 0.2) is 11.5 Å². The van der Waals surface area contributed by atoms with Crippen molar-refractivity contribution in [3.05, 3.63) is 46.8 Å². The van der Waals surface area contributed by atoms with Crippen molar-refractivity contribution in [2.75, 3.05) is 57.4 Å². The number of anilines is 1. The molecular formula is C21H28N4O3. The number of morpholine rings is 1. The van der Waals surface area contributed by atoms with Gasteiger partial charge in [-0.15, -0.1) is 0 Å². The number of nitrogens with zero attached hydrogens (tertiary/aromatic N) is 4. The first-order valence-corrected chi connectivity index (χ1v) is 9.97. The predicted molar refractivity (Wildman–Crippen MR) is 107 cm³/mol. The Morgan fingerprint density at radius 1 is 1.04 bits per heavy atom. The van der Waals surface area contributed by atoms with E-state index >= 15 is 0 Å². The summed E-state index contributed by atoms with van der Waals surface area (Å²) in [6.07, 6.45) is 0. The van der Waals surface area contributed by atoms with E-state index in [9.17, 15) is 4.79 Å². The first-order chi connectivity index (χ1) is 13.6. The van der Waals surface area contributed by atoms with Gasteiger partial charge in [0.05, 0.1) is 19.8 Å². The molecule has 1 amide bonds. The van der Waals surface area contributed by atoms with E-state index in [1.165, 1.54) is 16.8 Å². The molecule has 7 nitrogen and oxygen atoms in total. The van der Waals surface area contributed by atoms with E-state index in [-0.39, 0.29) is 5.91 Å². The van der Waals surface area contributed by atoms with Crippen LogP contribution < -0.4 is 4.90 Å². The second-order valence-corrected chi connectivity index (χ2v) is 7.64. The number of carbonyl (C=O) groups is 1. The summed E-state index contributed by atoms with van der Waals surface area (Å²) in [5.41, 5.74) is 4.20. The minimum absolute atomic E-state index is 0.0439. The number of benzene rings is 1. The van der Waals surface area contributed by atoms with Crippen LogP contribution in [0.3, 0.4) is 0 Å². The van der Waals surface area contributed by atoms with Crippen LogP contribution >= 0.6 is 0 Å². The molecule has 0 aliphatic carbocycles. The first kappa shape index (κ1) is 19.0. The molecule has 3 heterocycles. The largest absolute Gasteiger partial charge is 0.379 e. The molecule has 0 bridgehead atoms. The summed E-state index contributed by atoms with van der Waals surface area (Å²) in [4.78, 5) is 19.3. The van der Waals surface area contributed by atoms with Crippen molar-refractivity contribution in [3.8, 4) is 0 Å². The van der Waals surface area contributed by atoms with Crippen molar-refractivity contribution < 1.29 is 14.1 Å². The van der Waals surface area contributed by atoms with Crippen molar-refractivity contribution in [3.63, 3.8) is 0 Å². The minimum atomic E-state index is -0.0439. The van der Waals surface area contributed by atoms with Crippen LogP contribution in [0.15, 0.2) is 28.8 Å². The molecule has 28 heavy (non-hydrogen) atoms. The Balaban J connectivity index is 1.34. The van der Waals surface area contributed by atoms with Crippen LogP contribution in [0.5, 0.6) is 0 Å². The highest BCUT2D eigenvalue weighted by Gasteiger charge is 2.25. The van der Waals surface area contributed by atoms with Gasteiger partial charge in [-0.05, 0) is 31.0 Å². The molecule has 1 aromatic carbocycles. The van der Waals surface area contributed by atoms with Gasteiger partial charge in [0.25, 0.3) is 5.91 Å². The minimum Gasteiger partial charge on any atom is -0.379 e. The number of carbonyl (C=O) groups excluding carboxylic acids is 1. The Morgan fingerprint density at radius 3 is 2.54 bits per heavy atom. The highest BCUT2D eigenvalue weighted by atomic mass is 16.5. The van der Waals surface area contributed by atoms with Gasteiger partial charge in [0.1, 0.15) is 0 Å². The quantitative estimate of drug-likeness (QED) is 0.804. The van der Waals surface area contributed by atoms with Crippen LogP contribution in [-0.4, -0.2) is 73.3 Å². The average molecular weight is 384 g/mol. The maximum Gasteiger partial charge on any atom is 0.276 e. The lowest BCUT2D eigenvalue weighted by molar-refractivity contribution is 0.0305. The fraction of sp³-hybridized carbons (Fsp3) is 0.524. The molecule has 1 aromatic heterocycles. The molecule has 2 aliphatic heterocycles. The highest BCUT2D eigenvalue weighted by Crippen LogP contribution is 2.23. The summed E-state index contributed by atoms with van der Waals surface area (Å²) < 4.78 is 10.8. The van der Waals surface area contributed by atoms with Gasteiger partial charge in [-0.2, -0.15) is 0 Å². The van der Waals surface area contributed by atoms with E-state index < -0.39 is 0 Å². The maximum atomic E-state index is 12.8. The van der Waals surface area contributed by atoms with E-state index in [2.05, 4.69) is 47.0 Å². The predicted octanol–water partition coefficient (Wildman–Crippen LogP) is 2.09. The first-order valence-electron chi connectivity index (χ1n) is 9.97. The Kier molecular flexibility index (Phi) is 5.64. The molecule has 7 heteroatoms. The van der Waals surface area contributed by atoms with Crippen LogP contribution in [0.4, 0.5) is 5.69 Å². The van der Waals surface area contributed by atoms with Crippen LogP contribution in [0.2, 0.25) is 0 Å². The van der Waals surface area contributed by atoms with Crippen molar-refractivity contribution in [1.29, 1.82) is 0 Å². The summed E-state index contributed by atoms with van der Waals surface area (Å²) in [5.74, 6) is 0.692. The average Bonchev–Trinajstić information content (AvgIpc) is 3.18. The summed E-state index contributed by atoms with van der Waals surface area (Å²) in [7, 11) is 0. The number of aromatic nitrogens is 1. The van der Waals surface area contributed by atoms with Gasteiger partial charge in [-0.1, -0.05) is 17.3 Å². The summed E-state index contributed by atoms with van der Waals surface area (Å²) in [6, 6.07) is 8.31. The Morgan fingerprint density at radius 2 is 1.79 bits per heavy atom. The van der Waals surface area contributed by atoms with Crippen LogP contribution in [0.25, 0.3) is 0 Å². The summed E-state index contributed by atoms with van der Waals surface area (Å²) in [5, 5.41) is 4.02. The number of amides is 1. The standard InChI is InChI=1S/C21H28N4O3/c1-16-3-4-17(2)20(13-16)24-5-7-25(8-6-24)21(26)19-14-18(28-22-19)15-23-9-11-27-12-10-23/h3-4,13-14H,5-12,15H2,1-2H3. The second-order valence-electron chi connectivity index (χ2n) is 7.64. The third-order valence-electron chi connectivity index (χ3n) is 5.53. The molecule has 0 N–H and O–H groups in total. The lowest BCUT2D eigenvalue weighted by atomic mass is 10.1. The third kappa shape index (κ3) is 4.20. The molecule has 2 aromatic rings. The maximum absolute atomic E-state index is 12.8. The Hall–Kier alpha value is -2.38. The molecule has 2 saturated heterocycles. The van der Waals surface area contributed by atoms with Gasteiger partial charge in [-0.3, -0.25) is 9.69 Å². The lowest BCUT2D eigenvalue weighted by Gasteiger charge is -2.36. The summed E-state index contributed by atoms with van der Waals surface area (Å²) >= 11 is 0. The van der Waals surface area contributed by atoms with Crippen molar-refractivity contribution in [2.45, 2.75) is 20.4 Å². The number of hydrogen-bond donors (Lipinski definition) is 0. The zero-order chi connectivity index (χ0) is 19.5. The molecule has 4 rings (SSSR count). The van der Waals surface area contributed by atoms with Gasteiger partial charge >= 0.3 is 0 Å². The van der Waals surface area contributed by atoms with E-state index in [0.717, 1.165) is 45.2 Å². The highest BCUT2D eigenvalue weighted by molar-refractivity contribution is 5.92. The summed E-state index contributed by atoms with van der Waals surface area (Å²) in [6.45, 7) is 11.2. The van der Waals surface area contributed by atoms with Crippen LogP contribution in [0.1, 0.15) is 27.4 Å². The molecule has 0 radical (unpaired) electrons. The zero-order valence-corrected chi connectivity index (χ0v) is 16.7. The molecule has 150 valence electrons. The zero-order valence-electron chi connectivity index (χ0n) is 16.7. The number of rotatable bonds is 4. The second kappa shape index (κ2) is 8.32. The van der Waals surface area contributed by atoms with Crippen LogP contribution in [-0.2, 0) is 11.3 Å². The SMILES string of the molecule is Cc1ccc(C)c(N2CCN(C(=O)c3cc(CN4CCOCC4)on3)CC2)c1. The molecule has 0 saturated carbocycles. The number of aryl methyl sites for hydroxylation is 2. The molecule has 0 atom stereocenters. The lowest BCUT2D eigenvalue weighted by Crippen LogP contribution is -2.49. The molecule has 2 fully saturated rings. The Labute approximate surface area is 165 Å². The van der Waals surface area contributed by atoms with Crippen molar-refractivity contribution >= 4 is 11.6 Å². The third-order valence-corrected chi connectivity index (χ3v) is 5.53. The monoisotopic (exact) mass is 384 g/mol. The van der Waals surface area contributed by atoms with Gasteiger partial charge in [0, 0.05) is 51.0 Å². The van der Waals surface area contributed by atoms with Gasteiger partial charge < -0.3 is 19.1 Å². The van der Waals surface area contributed by atoms with E-state index in [1.54, 1.807) is 6.07 Å². The normalized spacial score (nSPS) is 18.5. The van der Waals surface area contributed by atoms with E-state index in [0.29, 0.717) is 25.3 Å². The fourth-order valence-electron chi connectivity index (χ4n) is 3.84. The van der Waals surface area contributed by atoms with E-state index in [1.807, 2.05) is 4.90 Å². The van der Waals surface area contributed by atoms with Crippen LogP contribution in [0, 0.1) is 13.8 Å². The van der Waals surface area contributed by atoms with Gasteiger partial charge in [0.2, 0.25) is 0 Å². The van der Waals surface area contributed by atoms with E-state index in [4.69, 9.17) is 9.26 Å². The van der Waals surface area contributed by atoms with Gasteiger partial charge in [-0.25, -0.2) is 0 Å². The number of hydrogen-bond acceptors (Lipinski definition) is 6. The Bertz CT molecular complexity index is 821. The number of piperazine rings is 1. The van der Waals surface area contributed by atoms with Crippen molar-refractivity contribution in [1.82, 2.24) is 15.0 Å². The number of ether oxygens (including phenoxy) is 1. The molecular weight excluding hydrogens is 356 g/mol. The topological polar surface area (TPSA) is 62.0 Å². The smallest absolute Gasteiger partial charge is 0.276 e. The molecule has 2 aliphatic rings. The molecule has 0 spiro atoms.